The molecule has 0 N–H and O–H groups in total. The standard InChI is InChI=1S/C8H3F11O4/c1-21-4(20)5(12,6(13,14)15)23-8(18,19)7(16,17)22-3(11)2(9)10/h1H3. The molecule has 0 fully saturated rings. The molecule has 0 amide bonds. The SMILES string of the molecule is COC(=O)C(F)(OC(F)(F)C(F)(F)OC(F)=C(F)F)C(F)(F)F. The van der Waals surface area contributed by atoms with Gasteiger partial charge in [-0.1, -0.05) is 0 Å². The molecule has 0 saturated heterocycles. The Morgan fingerprint density at radius 2 is 1.26 bits per heavy atom. The monoisotopic (exact) mass is 372 g/mol. The number of esters is 1. The number of carbonyl (C=O) groups excluding carboxylic acids is 1. The van der Waals surface area contributed by atoms with Gasteiger partial charge in [-0.2, -0.15) is 48.3 Å². The summed E-state index contributed by atoms with van der Waals surface area (Å²) in [5.74, 6) is -9.36. The van der Waals surface area contributed by atoms with Crippen LogP contribution in [0.2, 0.25) is 0 Å². The Balaban J connectivity index is 5.74. The Labute approximate surface area is 118 Å². The zero-order valence-corrected chi connectivity index (χ0v) is 10.3. The second-order valence-corrected chi connectivity index (χ2v) is 3.36. The van der Waals surface area contributed by atoms with Crippen LogP contribution in [0.1, 0.15) is 0 Å². The van der Waals surface area contributed by atoms with Gasteiger partial charge in [-0.25, -0.2) is 4.79 Å². The van der Waals surface area contributed by atoms with Crippen LogP contribution in [-0.4, -0.2) is 37.3 Å². The lowest BCUT2D eigenvalue weighted by molar-refractivity contribution is -0.479. The fraction of sp³-hybridized carbons (Fsp3) is 0.625. The van der Waals surface area contributed by atoms with Gasteiger partial charge in [0.15, 0.2) is 0 Å². The molecule has 0 radical (unpaired) electrons. The number of alkyl halides is 8. The molecule has 1 unspecified atom stereocenters. The van der Waals surface area contributed by atoms with Gasteiger partial charge in [0, 0.05) is 0 Å². The molecule has 15 heteroatoms. The van der Waals surface area contributed by atoms with Crippen LogP contribution in [0.3, 0.4) is 0 Å². The summed E-state index contributed by atoms with van der Waals surface area (Å²) in [6.45, 7) is 0. The molecular formula is C8H3F11O4. The molecule has 0 bridgehead atoms. The number of carbonyl (C=O) groups is 1. The summed E-state index contributed by atoms with van der Waals surface area (Å²) >= 11 is 0. The van der Waals surface area contributed by atoms with E-state index in [1.54, 1.807) is 0 Å². The van der Waals surface area contributed by atoms with Gasteiger partial charge in [0.25, 0.3) is 0 Å². The van der Waals surface area contributed by atoms with Crippen LogP contribution in [0, 0.1) is 0 Å². The lowest BCUT2D eigenvalue weighted by Crippen LogP contribution is -2.58. The minimum absolute atomic E-state index is 0.0550. The highest BCUT2D eigenvalue weighted by Gasteiger charge is 2.74. The number of halogens is 11. The van der Waals surface area contributed by atoms with E-state index >= 15 is 0 Å². The highest BCUT2D eigenvalue weighted by atomic mass is 19.4. The summed E-state index contributed by atoms with van der Waals surface area (Å²) in [6.07, 6.45) is -23.6. The lowest BCUT2D eigenvalue weighted by atomic mass is 10.3. The van der Waals surface area contributed by atoms with E-state index in [1.165, 1.54) is 0 Å². The Bertz CT molecular complexity index is 481. The molecule has 0 aliphatic rings. The Hall–Kier alpha value is -1.80. The smallest absolute Gasteiger partial charge is 0.465 e. The molecule has 0 aromatic carbocycles. The van der Waals surface area contributed by atoms with Crippen LogP contribution < -0.4 is 0 Å². The first-order valence-electron chi connectivity index (χ1n) is 4.71. The zero-order valence-electron chi connectivity index (χ0n) is 10.3. The average molecular weight is 372 g/mol. The summed E-state index contributed by atoms with van der Waals surface area (Å²) in [6, 6.07) is -3.60. The Kier molecular flexibility index (Phi) is 5.87. The Morgan fingerprint density at radius 1 is 0.826 bits per heavy atom. The van der Waals surface area contributed by atoms with E-state index in [-0.39, 0.29) is 7.11 Å². The maximum atomic E-state index is 13.3. The first-order valence-corrected chi connectivity index (χ1v) is 4.71. The molecule has 4 nitrogen and oxygen atoms in total. The van der Waals surface area contributed by atoms with Crippen molar-refractivity contribution in [1.29, 1.82) is 0 Å². The first kappa shape index (κ1) is 21.2. The molecular weight excluding hydrogens is 369 g/mol. The third-order valence-corrected chi connectivity index (χ3v) is 1.79. The predicted molar refractivity (Wildman–Crippen MR) is 44.3 cm³/mol. The highest BCUT2D eigenvalue weighted by Crippen LogP contribution is 2.46. The molecule has 0 aliphatic carbocycles. The summed E-state index contributed by atoms with van der Waals surface area (Å²) in [5.41, 5.74) is 0. The summed E-state index contributed by atoms with van der Waals surface area (Å²) in [7, 11) is 0.0550. The van der Waals surface area contributed by atoms with E-state index in [9.17, 15) is 53.1 Å². The van der Waals surface area contributed by atoms with Crippen molar-refractivity contribution in [2.45, 2.75) is 24.2 Å². The molecule has 0 saturated carbocycles. The molecule has 0 aliphatic heterocycles. The quantitative estimate of drug-likeness (QED) is 0.406. The first-order chi connectivity index (χ1) is 10.0. The van der Waals surface area contributed by atoms with Crippen LogP contribution in [0.25, 0.3) is 0 Å². The van der Waals surface area contributed by atoms with Crippen molar-refractivity contribution >= 4 is 5.97 Å². The fourth-order valence-electron chi connectivity index (χ4n) is 0.793. The van der Waals surface area contributed by atoms with Gasteiger partial charge >= 0.3 is 42.3 Å². The third-order valence-electron chi connectivity index (χ3n) is 1.79. The van der Waals surface area contributed by atoms with E-state index < -0.39 is 42.3 Å². The van der Waals surface area contributed by atoms with E-state index in [2.05, 4.69) is 14.2 Å². The van der Waals surface area contributed by atoms with Crippen LogP contribution in [0.4, 0.5) is 48.3 Å². The predicted octanol–water partition coefficient (Wildman–Crippen LogP) is 3.64. The van der Waals surface area contributed by atoms with Gasteiger partial charge in [0.2, 0.25) is 0 Å². The third kappa shape index (κ3) is 4.35. The second-order valence-electron chi connectivity index (χ2n) is 3.36. The van der Waals surface area contributed by atoms with Crippen LogP contribution in [-0.2, 0) is 19.0 Å². The molecule has 0 aromatic rings. The van der Waals surface area contributed by atoms with Crippen molar-refractivity contribution in [1.82, 2.24) is 0 Å². The number of hydrogen-bond donors (Lipinski definition) is 0. The van der Waals surface area contributed by atoms with E-state index in [0.717, 1.165) is 0 Å². The van der Waals surface area contributed by atoms with E-state index in [4.69, 9.17) is 0 Å². The van der Waals surface area contributed by atoms with Gasteiger partial charge < -0.3 is 9.47 Å². The van der Waals surface area contributed by atoms with Gasteiger partial charge in [-0.05, 0) is 0 Å². The zero-order chi connectivity index (χ0) is 18.9. The number of hydrogen-bond acceptors (Lipinski definition) is 4. The molecule has 0 spiro atoms. The average Bonchev–Trinajstić information content (AvgIpc) is 2.34. The van der Waals surface area contributed by atoms with Gasteiger partial charge in [-0.3, -0.25) is 4.74 Å². The van der Waals surface area contributed by atoms with Crippen molar-refractivity contribution in [2.24, 2.45) is 0 Å². The molecule has 0 aromatic heterocycles. The molecule has 0 rings (SSSR count). The lowest BCUT2D eigenvalue weighted by Gasteiger charge is -2.31. The minimum atomic E-state index is -6.72. The van der Waals surface area contributed by atoms with Crippen molar-refractivity contribution in [3.8, 4) is 0 Å². The van der Waals surface area contributed by atoms with Gasteiger partial charge in [-0.15, -0.1) is 0 Å². The van der Waals surface area contributed by atoms with E-state index in [0.29, 0.717) is 0 Å². The summed E-state index contributed by atoms with van der Waals surface area (Å²) in [4.78, 5) is 10.6. The van der Waals surface area contributed by atoms with Gasteiger partial charge in [0.1, 0.15) is 0 Å². The molecule has 23 heavy (non-hydrogen) atoms. The molecule has 1 atom stereocenters. The number of methoxy groups -OCH3 is 1. The maximum absolute atomic E-state index is 13.3. The van der Waals surface area contributed by atoms with Crippen molar-refractivity contribution < 1.29 is 67.3 Å². The summed E-state index contributed by atoms with van der Waals surface area (Å²) in [5, 5.41) is 0. The highest BCUT2D eigenvalue weighted by molar-refractivity contribution is 5.78. The molecule has 136 valence electrons. The van der Waals surface area contributed by atoms with Crippen LogP contribution >= 0.6 is 0 Å². The maximum Gasteiger partial charge on any atom is 0.495 e. The van der Waals surface area contributed by atoms with Crippen molar-refractivity contribution in [2.75, 3.05) is 7.11 Å². The number of ether oxygens (including phenoxy) is 3. The van der Waals surface area contributed by atoms with Gasteiger partial charge in [0.05, 0.1) is 7.11 Å². The largest absolute Gasteiger partial charge is 0.495 e. The summed E-state index contributed by atoms with van der Waals surface area (Å²) < 4.78 is 143. The van der Waals surface area contributed by atoms with Crippen LogP contribution in [0.5, 0.6) is 0 Å². The Morgan fingerprint density at radius 3 is 1.57 bits per heavy atom. The normalized spacial score (nSPS) is 15.7. The van der Waals surface area contributed by atoms with Crippen molar-refractivity contribution in [3.63, 3.8) is 0 Å². The molecule has 0 heterocycles. The van der Waals surface area contributed by atoms with Crippen LogP contribution in [0.15, 0.2) is 12.1 Å². The topological polar surface area (TPSA) is 44.8 Å². The van der Waals surface area contributed by atoms with E-state index in [1.807, 2.05) is 0 Å². The minimum Gasteiger partial charge on any atom is -0.465 e. The number of rotatable bonds is 6. The second kappa shape index (κ2) is 6.37. The fourth-order valence-corrected chi connectivity index (χ4v) is 0.793. The van der Waals surface area contributed by atoms with Crippen molar-refractivity contribution in [3.05, 3.63) is 12.1 Å².